The van der Waals surface area contributed by atoms with Crippen LogP contribution in [0.2, 0.25) is 0 Å². The summed E-state index contributed by atoms with van der Waals surface area (Å²) in [6.45, 7) is 0.796. The van der Waals surface area contributed by atoms with Crippen LogP contribution in [0.25, 0.3) is 11.1 Å². The second-order valence-corrected chi connectivity index (χ2v) is 9.11. The Balaban J connectivity index is 1.23. The monoisotopic (exact) mass is 484 g/mol. The van der Waals surface area contributed by atoms with E-state index in [1.807, 2.05) is 30.3 Å². The molecule has 0 radical (unpaired) electrons. The average Bonchev–Trinajstić information content (AvgIpc) is 3.52. The molecule has 5 rings (SSSR count). The van der Waals surface area contributed by atoms with E-state index in [0.717, 1.165) is 29.7 Å². The summed E-state index contributed by atoms with van der Waals surface area (Å²) in [6.07, 6.45) is -2.79. The van der Waals surface area contributed by atoms with Gasteiger partial charge >= 0.3 is 18.2 Å². The number of halogens is 3. The zero-order valence-corrected chi connectivity index (χ0v) is 18.6. The molecule has 0 bridgehead atoms. The molecular weight excluding hydrogens is 461 g/mol. The first-order valence-corrected chi connectivity index (χ1v) is 11.3. The third-order valence-electron chi connectivity index (χ3n) is 6.78. The number of hydrogen-bond acceptors (Lipinski definition) is 4. The fraction of sp³-hybridized carbons (Fsp3) is 0.320. The van der Waals surface area contributed by atoms with Crippen LogP contribution in [0.3, 0.4) is 0 Å². The van der Waals surface area contributed by atoms with E-state index < -0.39 is 29.4 Å². The number of nitrogens with one attached hydrogen (secondary N) is 1. The first-order valence-electron chi connectivity index (χ1n) is 11.3. The summed E-state index contributed by atoms with van der Waals surface area (Å²) in [5.74, 6) is -1.40. The lowest BCUT2D eigenvalue weighted by Gasteiger charge is -2.20. The molecule has 10 heteroatoms. The summed E-state index contributed by atoms with van der Waals surface area (Å²) >= 11 is 0. The van der Waals surface area contributed by atoms with E-state index in [1.54, 1.807) is 0 Å². The van der Waals surface area contributed by atoms with Gasteiger partial charge in [0.15, 0.2) is 5.69 Å². The Bertz CT molecular complexity index is 1240. The minimum absolute atomic E-state index is 0.213. The van der Waals surface area contributed by atoms with Gasteiger partial charge in [0, 0.05) is 31.0 Å². The topological polar surface area (TPSA) is 87.5 Å². The summed E-state index contributed by atoms with van der Waals surface area (Å²) in [5.41, 5.74) is 0.657. The summed E-state index contributed by atoms with van der Waals surface area (Å²) < 4.78 is 39.9. The maximum Gasteiger partial charge on any atom is 0.420 e. The number of aromatic nitrogens is 2. The molecule has 2 N–H and O–H groups in total. The molecule has 1 saturated heterocycles. The molecule has 2 aromatic carbocycles. The maximum absolute atomic E-state index is 13.1. The molecule has 2 fully saturated rings. The Hall–Kier alpha value is -3.82. The summed E-state index contributed by atoms with van der Waals surface area (Å²) in [6, 6.07) is 17.8. The molecule has 0 spiro atoms. The Kier molecular flexibility index (Phi) is 5.74. The SMILES string of the molecule is O=C(O)c1nn(C(=O)N2C[C@H]3CC(Nc4cccc(-c5ccccc5)c4)C[C@H]3C2)cc1C(F)(F)F. The number of anilines is 1. The second-order valence-electron chi connectivity index (χ2n) is 9.11. The highest BCUT2D eigenvalue weighted by Crippen LogP contribution is 2.40. The van der Waals surface area contributed by atoms with E-state index in [1.165, 1.54) is 4.90 Å². The summed E-state index contributed by atoms with van der Waals surface area (Å²) in [4.78, 5) is 25.4. The van der Waals surface area contributed by atoms with E-state index in [-0.39, 0.29) is 17.9 Å². The number of aromatic carboxylic acids is 1. The van der Waals surface area contributed by atoms with Gasteiger partial charge in [-0.3, -0.25) is 0 Å². The molecule has 1 saturated carbocycles. The molecule has 1 aromatic heterocycles. The molecule has 2 heterocycles. The molecule has 182 valence electrons. The molecule has 3 aromatic rings. The smallest absolute Gasteiger partial charge is 0.420 e. The van der Waals surface area contributed by atoms with Gasteiger partial charge in [0.25, 0.3) is 0 Å². The number of amides is 1. The van der Waals surface area contributed by atoms with Crippen molar-refractivity contribution in [3.05, 3.63) is 72.1 Å². The molecule has 35 heavy (non-hydrogen) atoms. The number of hydrogen-bond donors (Lipinski definition) is 2. The van der Waals surface area contributed by atoms with E-state index in [9.17, 15) is 22.8 Å². The molecule has 1 aliphatic carbocycles. The predicted molar refractivity (Wildman–Crippen MR) is 122 cm³/mol. The number of rotatable bonds is 4. The van der Waals surface area contributed by atoms with Crippen LogP contribution < -0.4 is 5.32 Å². The van der Waals surface area contributed by atoms with Crippen LogP contribution in [0.1, 0.15) is 28.9 Å². The van der Waals surface area contributed by atoms with Gasteiger partial charge < -0.3 is 15.3 Å². The van der Waals surface area contributed by atoms with Crippen LogP contribution in [-0.2, 0) is 6.18 Å². The molecule has 1 unspecified atom stereocenters. The Morgan fingerprint density at radius 3 is 2.23 bits per heavy atom. The van der Waals surface area contributed by atoms with Gasteiger partial charge in [0.1, 0.15) is 5.56 Å². The number of carboxylic acids is 1. The molecule has 1 aliphatic heterocycles. The van der Waals surface area contributed by atoms with Crippen molar-refractivity contribution in [3.63, 3.8) is 0 Å². The van der Waals surface area contributed by atoms with Crippen LogP contribution in [0.15, 0.2) is 60.8 Å². The highest BCUT2D eigenvalue weighted by Gasteiger charge is 2.44. The number of carboxylic acid groups (broad SMARTS) is 1. The molecule has 2 aliphatic rings. The number of nitrogens with zero attached hydrogens (tertiary/aromatic N) is 3. The van der Waals surface area contributed by atoms with Crippen molar-refractivity contribution in [1.29, 1.82) is 0 Å². The fourth-order valence-corrected chi connectivity index (χ4v) is 5.21. The first-order chi connectivity index (χ1) is 16.7. The third kappa shape index (κ3) is 4.60. The number of fused-ring (bicyclic) bond motifs is 1. The highest BCUT2D eigenvalue weighted by atomic mass is 19.4. The van der Waals surface area contributed by atoms with Crippen molar-refractivity contribution in [2.24, 2.45) is 11.8 Å². The standard InChI is InChI=1S/C25H23F3N4O3/c26-25(27,28)21-14-32(30-22(21)23(33)34)24(35)31-12-17-10-20(11-18(17)13-31)29-19-8-4-7-16(9-19)15-5-2-1-3-6-15/h1-9,14,17-18,20,29H,10-13H2,(H,33,34)/t17-,18+,20?. The summed E-state index contributed by atoms with van der Waals surface area (Å²) in [7, 11) is 0. The van der Waals surface area contributed by atoms with Crippen LogP contribution >= 0.6 is 0 Å². The van der Waals surface area contributed by atoms with E-state index in [0.29, 0.717) is 24.0 Å². The Labute approximate surface area is 199 Å². The molecular formula is C25H23F3N4O3. The van der Waals surface area contributed by atoms with Crippen molar-refractivity contribution >= 4 is 17.7 Å². The van der Waals surface area contributed by atoms with Crippen molar-refractivity contribution in [2.75, 3.05) is 18.4 Å². The average molecular weight is 484 g/mol. The van der Waals surface area contributed by atoms with Gasteiger partial charge in [0.05, 0.1) is 0 Å². The second kappa shape index (κ2) is 8.75. The fourth-order valence-electron chi connectivity index (χ4n) is 5.21. The maximum atomic E-state index is 13.1. The molecule has 3 atom stereocenters. The van der Waals surface area contributed by atoms with Gasteiger partial charge in [-0.1, -0.05) is 42.5 Å². The van der Waals surface area contributed by atoms with E-state index in [4.69, 9.17) is 5.11 Å². The van der Waals surface area contributed by atoms with E-state index >= 15 is 0 Å². The largest absolute Gasteiger partial charge is 0.476 e. The van der Waals surface area contributed by atoms with Crippen LogP contribution in [0.4, 0.5) is 23.7 Å². The van der Waals surface area contributed by atoms with Gasteiger partial charge in [-0.05, 0) is 47.9 Å². The normalized spacial score (nSPS) is 21.7. The first kappa shape index (κ1) is 22.9. The predicted octanol–water partition coefficient (Wildman–Crippen LogP) is 5.06. The molecule has 1 amide bonds. The summed E-state index contributed by atoms with van der Waals surface area (Å²) in [5, 5.41) is 16.0. The van der Waals surface area contributed by atoms with Gasteiger partial charge in [-0.2, -0.15) is 23.0 Å². The number of benzene rings is 2. The Morgan fingerprint density at radius 1 is 0.971 bits per heavy atom. The zero-order chi connectivity index (χ0) is 24.7. The van der Waals surface area contributed by atoms with Gasteiger partial charge in [-0.15, -0.1) is 0 Å². The lowest BCUT2D eigenvalue weighted by atomic mass is 10.0. The zero-order valence-electron chi connectivity index (χ0n) is 18.6. The van der Waals surface area contributed by atoms with Gasteiger partial charge in [-0.25, -0.2) is 9.59 Å². The minimum atomic E-state index is -4.91. The quantitative estimate of drug-likeness (QED) is 0.541. The van der Waals surface area contributed by atoms with Crippen LogP contribution in [0.5, 0.6) is 0 Å². The van der Waals surface area contributed by atoms with Crippen molar-refractivity contribution < 1.29 is 27.9 Å². The molecule has 7 nitrogen and oxygen atoms in total. The van der Waals surface area contributed by atoms with Gasteiger partial charge in [0.2, 0.25) is 0 Å². The number of alkyl halides is 3. The minimum Gasteiger partial charge on any atom is -0.476 e. The van der Waals surface area contributed by atoms with E-state index in [2.05, 4.69) is 34.7 Å². The van der Waals surface area contributed by atoms with Crippen LogP contribution in [-0.4, -0.2) is 50.9 Å². The van der Waals surface area contributed by atoms with Crippen molar-refractivity contribution in [2.45, 2.75) is 25.1 Å². The lowest BCUT2D eigenvalue weighted by Crippen LogP contribution is -2.35. The number of carbonyl (C=O) groups is 2. The number of likely N-dealkylation sites (tertiary alicyclic amines) is 1. The lowest BCUT2D eigenvalue weighted by molar-refractivity contribution is -0.138. The van der Waals surface area contributed by atoms with Crippen molar-refractivity contribution in [3.8, 4) is 11.1 Å². The van der Waals surface area contributed by atoms with Crippen molar-refractivity contribution in [1.82, 2.24) is 14.7 Å². The third-order valence-corrected chi connectivity index (χ3v) is 6.78. The highest BCUT2D eigenvalue weighted by molar-refractivity contribution is 5.88. The van der Waals surface area contributed by atoms with Crippen LogP contribution in [0, 0.1) is 11.8 Å². The Morgan fingerprint density at radius 2 is 1.63 bits per heavy atom. The number of carbonyl (C=O) groups excluding carboxylic acids is 1.